The molecule has 14 N–H and O–H groups in total. The molecule has 3 aliphatic heterocycles. The van der Waals surface area contributed by atoms with Gasteiger partial charge in [-0.1, -0.05) is 213 Å². The summed E-state index contributed by atoms with van der Waals surface area (Å²) in [4.78, 5) is 26.1. The summed E-state index contributed by atoms with van der Waals surface area (Å²) < 4.78 is 36.0. The lowest BCUT2D eigenvalue weighted by Gasteiger charge is -2.49. The van der Waals surface area contributed by atoms with Crippen molar-refractivity contribution in [2.24, 2.45) is 5.92 Å². The van der Waals surface area contributed by atoms with Crippen LogP contribution in [0, 0.1) is 5.92 Å². The lowest BCUT2D eigenvalue weighted by atomic mass is 9.95. The van der Waals surface area contributed by atoms with Gasteiger partial charge in [-0.15, -0.1) is 0 Å². The van der Waals surface area contributed by atoms with Gasteiger partial charge in [0.1, 0.15) is 85.4 Å². The molecule has 0 spiro atoms. The number of ether oxygens (including phenoxy) is 6. The number of nitrogens with one attached hydrogen (secondary N) is 2. The number of aliphatic hydroxyl groups excluding tert-OH is 12. The van der Waals surface area contributed by atoms with E-state index in [0.29, 0.717) is 18.8 Å². The minimum Gasteiger partial charge on any atom is -0.394 e. The Balaban J connectivity index is 1.71. The second-order valence-corrected chi connectivity index (χ2v) is 24.7. The van der Waals surface area contributed by atoms with Crippen molar-refractivity contribution in [3.63, 3.8) is 0 Å². The van der Waals surface area contributed by atoms with E-state index in [1.54, 1.807) is 0 Å². The molecule has 3 fully saturated rings. The third-order valence-corrected chi connectivity index (χ3v) is 17.0. The molecule has 496 valence electrons. The van der Waals surface area contributed by atoms with Crippen LogP contribution in [0.15, 0.2) is 0 Å². The van der Waals surface area contributed by atoms with Crippen LogP contribution in [0.3, 0.4) is 0 Å². The van der Waals surface area contributed by atoms with Gasteiger partial charge in [0, 0.05) is 6.92 Å². The molecule has 84 heavy (non-hydrogen) atoms. The SMILES string of the molecule is CCCCCCCCCCCCCCCCCCCCCC[C@@H](O)C(=O)N[C@@H](CO[C@H]1O[C@H](CO)[C@H](O)[C@H](O[C@H]2O[C@H](CO)[C@H](O)[C@H](O)[C@H]2NC(C)=O)[C@H]1O[C@H]1O[C@H](CO)[C@H](O)[C@H](O)[C@H]1O)[C@H](O)[C@H](O)CCCCCCCCCCCC(C)C. The van der Waals surface area contributed by atoms with Crippen LogP contribution in [0.25, 0.3) is 0 Å². The fraction of sp³-hybridized carbons (Fsp3) is 0.968. The molecular weight excluding hydrogens is 1090 g/mol. The first kappa shape index (κ1) is 76.5. The highest BCUT2D eigenvalue weighted by molar-refractivity contribution is 5.80. The van der Waals surface area contributed by atoms with Gasteiger partial charge in [-0.3, -0.25) is 9.59 Å². The van der Waals surface area contributed by atoms with Crippen LogP contribution in [0.5, 0.6) is 0 Å². The van der Waals surface area contributed by atoms with Gasteiger partial charge < -0.3 is 100 Å². The Hall–Kier alpha value is -1.78. The summed E-state index contributed by atoms with van der Waals surface area (Å²) in [5.74, 6) is -0.856. The summed E-state index contributed by atoms with van der Waals surface area (Å²) in [5, 5.41) is 136. The van der Waals surface area contributed by atoms with E-state index < -0.39 is 155 Å². The maximum atomic E-state index is 13.8. The first-order valence-corrected chi connectivity index (χ1v) is 32.8. The highest BCUT2D eigenvalue weighted by Crippen LogP contribution is 2.34. The van der Waals surface area contributed by atoms with Gasteiger partial charge in [0.15, 0.2) is 18.9 Å². The second kappa shape index (κ2) is 44.6. The van der Waals surface area contributed by atoms with Gasteiger partial charge in [0.2, 0.25) is 11.8 Å². The van der Waals surface area contributed by atoms with Crippen molar-refractivity contribution in [3.05, 3.63) is 0 Å². The van der Waals surface area contributed by atoms with E-state index in [0.717, 1.165) is 64.7 Å². The third-order valence-electron chi connectivity index (χ3n) is 17.0. The Bertz CT molecular complexity index is 1660. The van der Waals surface area contributed by atoms with Crippen LogP contribution in [0.2, 0.25) is 0 Å². The topological polar surface area (TPSA) is 356 Å². The van der Waals surface area contributed by atoms with Gasteiger partial charge in [-0.05, 0) is 18.8 Å². The average molecular weight is 1210 g/mol. The molecule has 0 saturated carbocycles. The lowest BCUT2D eigenvalue weighted by Crippen LogP contribution is -2.69. The van der Waals surface area contributed by atoms with Gasteiger partial charge in [0.25, 0.3) is 0 Å². The van der Waals surface area contributed by atoms with E-state index in [2.05, 4.69) is 31.4 Å². The van der Waals surface area contributed by atoms with E-state index in [1.165, 1.54) is 122 Å². The van der Waals surface area contributed by atoms with E-state index in [4.69, 9.17) is 28.4 Å². The predicted molar refractivity (Wildman–Crippen MR) is 315 cm³/mol. The zero-order valence-electron chi connectivity index (χ0n) is 51.6. The van der Waals surface area contributed by atoms with Crippen molar-refractivity contribution in [1.29, 1.82) is 0 Å². The minimum atomic E-state index is -2.03. The normalized spacial score (nSPS) is 29.8. The van der Waals surface area contributed by atoms with E-state index in [1.807, 2.05) is 0 Å². The Morgan fingerprint density at radius 2 is 0.857 bits per heavy atom. The Labute approximate surface area is 502 Å². The van der Waals surface area contributed by atoms with Crippen LogP contribution in [0.4, 0.5) is 0 Å². The number of unbranched alkanes of at least 4 members (excludes halogenated alkanes) is 27. The molecule has 22 nitrogen and oxygen atoms in total. The number of hydrogen-bond acceptors (Lipinski definition) is 20. The summed E-state index contributed by atoms with van der Waals surface area (Å²) in [6, 6.07) is -3.01. The van der Waals surface area contributed by atoms with Gasteiger partial charge in [-0.2, -0.15) is 0 Å². The van der Waals surface area contributed by atoms with Crippen molar-refractivity contribution in [3.8, 4) is 0 Å². The third kappa shape index (κ3) is 28.4. The van der Waals surface area contributed by atoms with Crippen LogP contribution >= 0.6 is 0 Å². The fourth-order valence-electron chi connectivity index (χ4n) is 11.6. The quantitative estimate of drug-likeness (QED) is 0.0377. The van der Waals surface area contributed by atoms with Crippen molar-refractivity contribution in [2.75, 3.05) is 26.4 Å². The standard InChI is InChI=1S/C62H118N2O20/c1-5-6-7-8-9-10-11-12-13-14-15-16-17-18-19-20-23-27-30-33-36-45(70)59(78)64-43(50(71)44(69)35-32-29-26-24-21-22-25-28-31-34-41(2)3)40-79-62-58(84-61-56(77)55(76)52(73)47(38-66)81-61)57(53(74)48(39-67)82-62)83-60-49(63-42(4)68)54(75)51(72)46(37-65)80-60/h41,43-58,60-62,65-67,69-77H,5-40H2,1-4H3,(H,63,68)(H,64,78)/t43-,44+,45+,46+,47+,48+,49+,50-,51-,52-,53-,54+,55-,56+,57-,58+,60+,61+,62-/m0/s1. The molecule has 0 aliphatic carbocycles. The molecule has 3 heterocycles. The fourth-order valence-corrected chi connectivity index (χ4v) is 11.6. The molecule has 0 aromatic rings. The van der Waals surface area contributed by atoms with Gasteiger partial charge >= 0.3 is 0 Å². The zero-order chi connectivity index (χ0) is 61.8. The molecule has 0 bridgehead atoms. The Morgan fingerprint density at radius 1 is 0.464 bits per heavy atom. The average Bonchev–Trinajstić information content (AvgIpc) is 2.32. The molecule has 0 radical (unpaired) electrons. The van der Waals surface area contributed by atoms with E-state index in [9.17, 15) is 70.9 Å². The number of rotatable bonds is 48. The molecule has 3 rings (SSSR count). The number of aliphatic hydroxyl groups is 12. The molecule has 0 unspecified atom stereocenters. The Kier molecular flexibility index (Phi) is 40.6. The zero-order valence-corrected chi connectivity index (χ0v) is 51.6. The lowest BCUT2D eigenvalue weighted by molar-refractivity contribution is -0.387. The summed E-state index contributed by atoms with van der Waals surface area (Å²) >= 11 is 0. The molecular formula is C62H118N2O20. The molecule has 3 saturated heterocycles. The minimum absolute atomic E-state index is 0.121. The monoisotopic (exact) mass is 1210 g/mol. The molecule has 0 aromatic carbocycles. The summed E-state index contributed by atoms with van der Waals surface area (Å²) in [6.07, 6.45) is 5.16. The van der Waals surface area contributed by atoms with Crippen LogP contribution < -0.4 is 10.6 Å². The number of amides is 2. The smallest absolute Gasteiger partial charge is 0.249 e. The number of hydrogen-bond donors (Lipinski definition) is 14. The van der Waals surface area contributed by atoms with Crippen molar-refractivity contribution >= 4 is 11.8 Å². The van der Waals surface area contributed by atoms with Crippen molar-refractivity contribution in [2.45, 2.75) is 350 Å². The number of carbonyl (C=O) groups is 2. The first-order chi connectivity index (χ1) is 40.4. The molecule has 19 atom stereocenters. The van der Waals surface area contributed by atoms with Gasteiger partial charge in [0.05, 0.1) is 38.6 Å². The maximum absolute atomic E-state index is 13.8. The van der Waals surface area contributed by atoms with Gasteiger partial charge in [-0.25, -0.2) is 0 Å². The Morgan fingerprint density at radius 3 is 1.31 bits per heavy atom. The largest absolute Gasteiger partial charge is 0.394 e. The number of carbonyl (C=O) groups excluding carboxylic acids is 2. The van der Waals surface area contributed by atoms with Crippen LogP contribution in [0.1, 0.15) is 233 Å². The van der Waals surface area contributed by atoms with Crippen LogP contribution in [-0.2, 0) is 38.0 Å². The van der Waals surface area contributed by atoms with E-state index >= 15 is 0 Å². The van der Waals surface area contributed by atoms with Crippen molar-refractivity contribution < 1.29 is 99.3 Å². The summed E-state index contributed by atoms with van der Waals surface area (Å²) in [6.45, 7) is 4.53. The predicted octanol–water partition coefficient (Wildman–Crippen LogP) is 4.32. The highest BCUT2D eigenvalue weighted by Gasteiger charge is 2.55. The van der Waals surface area contributed by atoms with Crippen molar-refractivity contribution in [1.82, 2.24) is 10.6 Å². The molecule has 2 amide bonds. The van der Waals surface area contributed by atoms with Crippen LogP contribution in [-0.4, -0.2) is 216 Å². The second-order valence-electron chi connectivity index (χ2n) is 24.7. The van der Waals surface area contributed by atoms with E-state index in [-0.39, 0.29) is 12.8 Å². The maximum Gasteiger partial charge on any atom is 0.249 e. The first-order valence-electron chi connectivity index (χ1n) is 32.8. The molecule has 0 aromatic heterocycles. The molecule has 3 aliphatic rings. The molecule has 22 heteroatoms. The summed E-state index contributed by atoms with van der Waals surface area (Å²) in [5.41, 5.74) is 0. The summed E-state index contributed by atoms with van der Waals surface area (Å²) in [7, 11) is 0. The highest BCUT2D eigenvalue weighted by atomic mass is 16.8.